The summed E-state index contributed by atoms with van der Waals surface area (Å²) in [4.78, 5) is 34.4. The molecule has 4 N–H and O–H groups in total. The minimum absolute atomic E-state index is 0.00872. The lowest BCUT2D eigenvalue weighted by Crippen LogP contribution is -2.22. The van der Waals surface area contributed by atoms with Crippen molar-refractivity contribution in [1.29, 1.82) is 0 Å². The Kier molecular flexibility index (Phi) is 6.82. The first-order valence-corrected chi connectivity index (χ1v) is 11.7. The number of nitrogen functional groups attached to an aromatic ring is 1. The SMILES string of the molecule is CCCCOc1nc(N)c2[nH]c(=O)n(CCS(=O)(=O)c3cccc(C(C)C(=O)O)c3)c2n1. The van der Waals surface area contributed by atoms with Gasteiger partial charge in [-0.3, -0.25) is 9.36 Å². The highest BCUT2D eigenvalue weighted by Gasteiger charge is 2.21. The second-order valence-corrected chi connectivity index (χ2v) is 9.43. The van der Waals surface area contributed by atoms with Crippen LogP contribution in [0.3, 0.4) is 0 Å². The molecule has 11 nitrogen and oxygen atoms in total. The number of carbonyl (C=O) groups is 1. The zero-order chi connectivity index (χ0) is 23.5. The van der Waals surface area contributed by atoms with E-state index in [1.54, 1.807) is 6.07 Å². The van der Waals surface area contributed by atoms with E-state index in [1.807, 2.05) is 6.92 Å². The normalized spacial score (nSPS) is 12.7. The summed E-state index contributed by atoms with van der Waals surface area (Å²) in [7, 11) is -3.81. The van der Waals surface area contributed by atoms with Gasteiger partial charge in [0.05, 0.1) is 23.2 Å². The van der Waals surface area contributed by atoms with E-state index in [4.69, 9.17) is 10.5 Å². The highest BCUT2D eigenvalue weighted by Crippen LogP contribution is 2.22. The number of sulfone groups is 1. The molecule has 0 aliphatic heterocycles. The van der Waals surface area contributed by atoms with E-state index in [0.29, 0.717) is 12.2 Å². The van der Waals surface area contributed by atoms with Gasteiger partial charge in [-0.1, -0.05) is 25.5 Å². The summed E-state index contributed by atoms with van der Waals surface area (Å²) in [5.74, 6) is -2.29. The second-order valence-electron chi connectivity index (χ2n) is 7.33. The van der Waals surface area contributed by atoms with Gasteiger partial charge in [-0.15, -0.1) is 0 Å². The van der Waals surface area contributed by atoms with E-state index in [2.05, 4.69) is 15.0 Å². The quantitative estimate of drug-likeness (QED) is 0.377. The highest BCUT2D eigenvalue weighted by atomic mass is 32.2. The lowest BCUT2D eigenvalue weighted by Gasteiger charge is -2.10. The maximum atomic E-state index is 12.9. The molecule has 1 aromatic carbocycles. The maximum absolute atomic E-state index is 12.9. The molecule has 0 spiro atoms. The third kappa shape index (κ3) is 4.90. The van der Waals surface area contributed by atoms with Gasteiger partial charge in [0.15, 0.2) is 21.3 Å². The molecule has 0 aliphatic carbocycles. The summed E-state index contributed by atoms with van der Waals surface area (Å²) in [5, 5.41) is 9.18. The number of imidazole rings is 1. The summed E-state index contributed by atoms with van der Waals surface area (Å²) < 4.78 is 32.4. The molecule has 0 fully saturated rings. The first kappa shape index (κ1) is 23.3. The van der Waals surface area contributed by atoms with Crippen LogP contribution >= 0.6 is 0 Å². The number of aryl methyl sites for hydroxylation is 1. The number of carboxylic acids is 1. The number of aromatic nitrogens is 4. The molecule has 0 bridgehead atoms. The van der Waals surface area contributed by atoms with E-state index in [-0.39, 0.29) is 34.4 Å². The van der Waals surface area contributed by atoms with Gasteiger partial charge in [0.25, 0.3) is 0 Å². The zero-order valence-electron chi connectivity index (χ0n) is 17.7. The van der Waals surface area contributed by atoms with Crippen LogP contribution < -0.4 is 16.2 Å². The van der Waals surface area contributed by atoms with Crippen molar-refractivity contribution in [1.82, 2.24) is 19.5 Å². The van der Waals surface area contributed by atoms with Crippen LogP contribution in [0.1, 0.15) is 38.2 Å². The number of aromatic amines is 1. The number of rotatable bonds is 10. The van der Waals surface area contributed by atoms with Gasteiger partial charge >= 0.3 is 17.7 Å². The minimum Gasteiger partial charge on any atom is -0.481 e. The van der Waals surface area contributed by atoms with Crippen LogP contribution in [0.2, 0.25) is 0 Å². The summed E-state index contributed by atoms with van der Waals surface area (Å²) in [6.07, 6.45) is 1.70. The van der Waals surface area contributed by atoms with Gasteiger partial charge in [-0.25, -0.2) is 13.2 Å². The molecule has 0 saturated heterocycles. The fraction of sp³-hybridized carbons (Fsp3) is 0.400. The molecule has 12 heteroatoms. The van der Waals surface area contributed by atoms with Gasteiger partial charge < -0.3 is 20.6 Å². The predicted molar refractivity (Wildman–Crippen MR) is 118 cm³/mol. The standard InChI is InChI=1S/C20H25N5O6S/c1-3-4-9-31-19-23-16(21)15-17(24-19)25(20(28)22-15)8-10-32(29,30)14-7-5-6-13(11-14)12(2)18(26)27/h5-7,11-12H,3-4,8-10H2,1-2H3,(H,22,28)(H,26,27)(H2,21,23,24). The fourth-order valence-corrected chi connectivity index (χ4v) is 4.32. The maximum Gasteiger partial charge on any atom is 0.327 e. The lowest BCUT2D eigenvalue weighted by molar-refractivity contribution is -0.138. The van der Waals surface area contributed by atoms with Crippen molar-refractivity contribution in [3.05, 3.63) is 40.3 Å². The van der Waals surface area contributed by atoms with Crippen molar-refractivity contribution in [2.24, 2.45) is 0 Å². The molecule has 3 aromatic rings. The number of aliphatic carboxylic acids is 1. The number of fused-ring (bicyclic) bond motifs is 1. The number of hydrogen-bond acceptors (Lipinski definition) is 8. The number of nitrogens with zero attached hydrogens (tertiary/aromatic N) is 3. The van der Waals surface area contributed by atoms with Gasteiger partial charge in [0, 0.05) is 6.54 Å². The average molecular weight is 464 g/mol. The van der Waals surface area contributed by atoms with Crippen LogP contribution in [-0.2, 0) is 21.2 Å². The summed E-state index contributed by atoms with van der Waals surface area (Å²) >= 11 is 0. The Morgan fingerprint density at radius 3 is 2.78 bits per heavy atom. The van der Waals surface area contributed by atoms with Crippen molar-refractivity contribution in [2.45, 2.75) is 44.0 Å². The van der Waals surface area contributed by atoms with Crippen molar-refractivity contribution >= 4 is 32.8 Å². The Morgan fingerprint density at radius 2 is 2.09 bits per heavy atom. The summed E-state index contributed by atoms with van der Waals surface area (Å²) in [5.41, 5.74) is 6.06. The number of hydrogen-bond donors (Lipinski definition) is 3. The first-order valence-electron chi connectivity index (χ1n) is 10.1. The number of ether oxygens (including phenoxy) is 1. The van der Waals surface area contributed by atoms with Crippen molar-refractivity contribution < 1.29 is 23.1 Å². The van der Waals surface area contributed by atoms with E-state index >= 15 is 0 Å². The molecule has 1 unspecified atom stereocenters. The summed E-state index contributed by atoms with van der Waals surface area (Å²) in [6, 6.07) is 5.79. The number of unbranched alkanes of at least 4 members (excludes halogenated alkanes) is 1. The third-order valence-corrected chi connectivity index (χ3v) is 6.72. The Bertz CT molecular complexity index is 1300. The number of carboxylic acid groups (broad SMARTS) is 1. The Hall–Kier alpha value is -3.41. The van der Waals surface area contributed by atoms with Crippen LogP contribution in [0, 0.1) is 0 Å². The Labute approximate surface area is 184 Å². The summed E-state index contributed by atoms with van der Waals surface area (Å²) in [6.45, 7) is 3.67. The largest absolute Gasteiger partial charge is 0.481 e. The van der Waals surface area contributed by atoms with Crippen LogP contribution in [-0.4, -0.2) is 51.4 Å². The number of anilines is 1. The van der Waals surface area contributed by atoms with E-state index < -0.39 is 33.2 Å². The van der Waals surface area contributed by atoms with Crippen molar-refractivity contribution in [3.8, 4) is 6.01 Å². The fourth-order valence-electron chi connectivity index (χ4n) is 3.06. The van der Waals surface area contributed by atoms with E-state index in [0.717, 1.165) is 12.8 Å². The van der Waals surface area contributed by atoms with E-state index in [1.165, 1.54) is 29.7 Å². The number of H-pyrrole nitrogens is 1. The number of nitrogens with one attached hydrogen (secondary N) is 1. The zero-order valence-corrected chi connectivity index (χ0v) is 18.6. The molecule has 172 valence electrons. The monoisotopic (exact) mass is 463 g/mol. The van der Waals surface area contributed by atoms with Crippen molar-refractivity contribution in [3.63, 3.8) is 0 Å². The third-order valence-electron chi connectivity index (χ3n) is 5.03. The van der Waals surface area contributed by atoms with Gasteiger partial charge in [0.1, 0.15) is 5.52 Å². The minimum atomic E-state index is -3.81. The first-order chi connectivity index (χ1) is 15.1. The Morgan fingerprint density at radius 1 is 1.34 bits per heavy atom. The van der Waals surface area contributed by atoms with E-state index in [9.17, 15) is 23.1 Å². The molecule has 1 atom stereocenters. The van der Waals surface area contributed by atoms with Gasteiger partial charge in [-0.05, 0) is 31.0 Å². The molecule has 0 radical (unpaired) electrons. The highest BCUT2D eigenvalue weighted by molar-refractivity contribution is 7.91. The molecular formula is C20H25N5O6S. The molecule has 0 saturated carbocycles. The van der Waals surface area contributed by atoms with Crippen LogP contribution in [0.15, 0.2) is 34.0 Å². The van der Waals surface area contributed by atoms with Gasteiger partial charge in [-0.2, -0.15) is 9.97 Å². The van der Waals surface area contributed by atoms with Crippen molar-refractivity contribution in [2.75, 3.05) is 18.1 Å². The molecule has 3 rings (SSSR count). The van der Waals surface area contributed by atoms with Gasteiger partial charge in [0.2, 0.25) is 0 Å². The molecule has 0 amide bonds. The topological polar surface area (TPSA) is 170 Å². The number of benzene rings is 1. The molecular weight excluding hydrogens is 438 g/mol. The van der Waals surface area contributed by atoms with Crippen LogP contribution in [0.4, 0.5) is 5.82 Å². The predicted octanol–water partition coefficient (Wildman–Crippen LogP) is 1.54. The lowest BCUT2D eigenvalue weighted by atomic mass is 10.0. The molecule has 32 heavy (non-hydrogen) atoms. The molecule has 0 aliphatic rings. The Balaban J connectivity index is 1.88. The second kappa shape index (κ2) is 9.39. The molecule has 2 aromatic heterocycles. The average Bonchev–Trinajstić information content (AvgIpc) is 3.07. The van der Waals surface area contributed by atoms with Crippen LogP contribution in [0.5, 0.6) is 6.01 Å². The smallest absolute Gasteiger partial charge is 0.327 e. The molecule has 2 heterocycles. The van der Waals surface area contributed by atoms with Crippen LogP contribution in [0.25, 0.3) is 11.2 Å². The number of nitrogens with two attached hydrogens (primary N) is 1.